The Bertz CT molecular complexity index is 823. The van der Waals surface area contributed by atoms with Crippen molar-refractivity contribution < 1.29 is 4.57 Å². The van der Waals surface area contributed by atoms with Crippen LogP contribution in [0.15, 0.2) is 48.5 Å². The highest BCUT2D eigenvalue weighted by molar-refractivity contribution is 7.80. The summed E-state index contributed by atoms with van der Waals surface area (Å²) in [6.45, 7) is 0.948. The number of imidazole rings is 1. The normalized spacial score (nSPS) is 11.5. The predicted molar refractivity (Wildman–Crippen MR) is 107 cm³/mol. The van der Waals surface area contributed by atoms with Gasteiger partial charge in [-0.05, 0) is 35.9 Å². The summed E-state index contributed by atoms with van der Waals surface area (Å²) in [5, 5.41) is 0. The molecule has 0 aliphatic rings. The molecule has 4 heteroatoms. The highest BCUT2D eigenvalue weighted by Crippen LogP contribution is 2.17. The van der Waals surface area contributed by atoms with Gasteiger partial charge in [0.2, 0.25) is 0 Å². The second-order valence-electron chi connectivity index (χ2n) is 6.03. The zero-order valence-electron chi connectivity index (χ0n) is 14.5. The number of rotatable bonds is 5. The third kappa shape index (κ3) is 3.20. The topological polar surface area (TPSA) is 12.1 Å². The van der Waals surface area contributed by atoms with Gasteiger partial charge in [-0.15, -0.1) is 0 Å². The molecule has 0 fully saturated rings. The van der Waals surface area contributed by atoms with Crippen LogP contribution < -0.4 is 9.47 Å². The summed E-state index contributed by atoms with van der Waals surface area (Å²) in [4.78, 5) is 2.21. The fraction of sp³-hybridized carbons (Fsp3) is 0.250. The van der Waals surface area contributed by atoms with Crippen molar-refractivity contribution >= 4 is 41.5 Å². The molecule has 0 amide bonds. The van der Waals surface area contributed by atoms with Gasteiger partial charge >= 0.3 is 0 Å². The number of para-hydroxylation sites is 2. The van der Waals surface area contributed by atoms with E-state index in [1.165, 1.54) is 28.1 Å². The summed E-state index contributed by atoms with van der Waals surface area (Å²) in [6.07, 6.45) is 4.34. The molecule has 1 heterocycles. The summed E-state index contributed by atoms with van der Waals surface area (Å²) in [7, 11) is 6.31. The lowest BCUT2D eigenvalue weighted by Crippen LogP contribution is -2.30. The average molecular weight is 339 g/mol. The highest BCUT2D eigenvalue weighted by Gasteiger charge is 2.16. The third-order valence-corrected chi connectivity index (χ3v) is 4.69. The molecule has 0 aliphatic carbocycles. The molecule has 1 aromatic heterocycles. The maximum absolute atomic E-state index is 4.29. The molecule has 3 rings (SSSR count). The molecule has 0 unspecified atom stereocenters. The van der Waals surface area contributed by atoms with E-state index in [0.717, 1.165) is 12.3 Å². The van der Waals surface area contributed by atoms with Crippen LogP contribution in [0.25, 0.3) is 23.2 Å². The van der Waals surface area contributed by atoms with E-state index in [1.54, 1.807) is 0 Å². The number of aromatic nitrogens is 2. The van der Waals surface area contributed by atoms with Crippen LogP contribution in [0.5, 0.6) is 0 Å². The minimum absolute atomic E-state index is 0.857. The number of hydrogen-bond donors (Lipinski definition) is 1. The molecule has 0 saturated carbocycles. The monoisotopic (exact) mass is 338 g/mol. The standard InChI is InChI=1S/C20H23N3S/c1-21(14-15-24)17-11-8-16(9-12-17)10-13-20-22(2)18-6-4-5-7-19(18)23(20)3/h4-13H,14-15H2,1-3H3/p+1. The Morgan fingerprint density at radius 2 is 1.79 bits per heavy atom. The van der Waals surface area contributed by atoms with Crippen LogP contribution in [0.3, 0.4) is 0 Å². The molecule has 0 atom stereocenters. The minimum Gasteiger partial charge on any atom is -0.374 e. The van der Waals surface area contributed by atoms with Crippen molar-refractivity contribution in [1.82, 2.24) is 4.57 Å². The molecule has 0 N–H and O–H groups in total. The molecule has 0 bridgehead atoms. The van der Waals surface area contributed by atoms with Crippen molar-refractivity contribution in [3.63, 3.8) is 0 Å². The summed E-state index contributed by atoms with van der Waals surface area (Å²) in [5.41, 5.74) is 4.89. The van der Waals surface area contributed by atoms with E-state index < -0.39 is 0 Å². The summed E-state index contributed by atoms with van der Waals surface area (Å²) >= 11 is 4.29. The number of anilines is 1. The molecule has 3 aromatic rings. The fourth-order valence-corrected chi connectivity index (χ4v) is 3.32. The quantitative estimate of drug-likeness (QED) is 0.554. The number of fused-ring (bicyclic) bond motifs is 1. The van der Waals surface area contributed by atoms with E-state index in [0.29, 0.717) is 0 Å². The summed E-state index contributed by atoms with van der Waals surface area (Å²) in [5.74, 6) is 2.03. The van der Waals surface area contributed by atoms with Crippen LogP contribution in [-0.4, -0.2) is 23.9 Å². The zero-order valence-corrected chi connectivity index (χ0v) is 15.4. The van der Waals surface area contributed by atoms with Gasteiger partial charge in [-0.3, -0.25) is 0 Å². The van der Waals surface area contributed by atoms with E-state index >= 15 is 0 Å². The van der Waals surface area contributed by atoms with Gasteiger partial charge in [0.25, 0.3) is 5.82 Å². The Hall–Kier alpha value is -2.20. The van der Waals surface area contributed by atoms with Gasteiger partial charge in [0.1, 0.15) is 0 Å². The van der Waals surface area contributed by atoms with Gasteiger partial charge in [-0.1, -0.05) is 24.3 Å². The number of benzene rings is 2. The second-order valence-corrected chi connectivity index (χ2v) is 6.48. The Labute approximate surface area is 149 Å². The van der Waals surface area contributed by atoms with E-state index in [9.17, 15) is 0 Å². The number of hydrogen-bond acceptors (Lipinski definition) is 2. The highest BCUT2D eigenvalue weighted by atomic mass is 32.1. The minimum atomic E-state index is 0.857. The molecule has 0 aliphatic heterocycles. The second kappa shape index (κ2) is 7.14. The predicted octanol–water partition coefficient (Wildman–Crippen LogP) is 3.54. The molecular weight excluding hydrogens is 314 g/mol. The number of thiol groups is 1. The van der Waals surface area contributed by atoms with Gasteiger partial charge in [0.15, 0.2) is 11.0 Å². The Morgan fingerprint density at radius 1 is 1.08 bits per heavy atom. The van der Waals surface area contributed by atoms with E-state index in [4.69, 9.17) is 0 Å². The Kier molecular flexibility index (Phi) is 4.95. The van der Waals surface area contributed by atoms with Gasteiger partial charge in [-0.25, -0.2) is 9.13 Å². The molecule has 124 valence electrons. The first-order valence-electron chi connectivity index (χ1n) is 8.15. The number of nitrogens with zero attached hydrogens (tertiary/aromatic N) is 3. The first kappa shape index (κ1) is 16.7. The van der Waals surface area contributed by atoms with Crippen LogP contribution >= 0.6 is 12.6 Å². The van der Waals surface area contributed by atoms with Crippen molar-refractivity contribution in [2.24, 2.45) is 14.1 Å². The fourth-order valence-electron chi connectivity index (χ4n) is 3.02. The first-order chi connectivity index (χ1) is 11.6. The molecule has 0 spiro atoms. The first-order valence-corrected chi connectivity index (χ1v) is 8.78. The molecule has 0 saturated heterocycles. The third-order valence-electron chi connectivity index (χ3n) is 4.49. The van der Waals surface area contributed by atoms with Crippen LogP contribution in [0, 0.1) is 0 Å². The summed E-state index contributed by atoms with van der Waals surface area (Å²) < 4.78 is 4.45. The van der Waals surface area contributed by atoms with Crippen LogP contribution in [-0.2, 0) is 14.1 Å². The van der Waals surface area contributed by atoms with Gasteiger partial charge in [0, 0.05) is 31.1 Å². The van der Waals surface area contributed by atoms with E-state index in [1.807, 2.05) is 0 Å². The zero-order chi connectivity index (χ0) is 17.1. The Balaban J connectivity index is 1.86. The van der Waals surface area contributed by atoms with Crippen LogP contribution in [0.1, 0.15) is 11.4 Å². The van der Waals surface area contributed by atoms with Gasteiger partial charge in [0.05, 0.1) is 14.1 Å². The largest absolute Gasteiger partial charge is 0.374 e. The maximum Gasteiger partial charge on any atom is 0.281 e. The van der Waals surface area contributed by atoms with Crippen molar-refractivity contribution in [2.45, 2.75) is 0 Å². The van der Waals surface area contributed by atoms with Crippen molar-refractivity contribution in [3.05, 3.63) is 59.9 Å². The maximum atomic E-state index is 4.29. The van der Waals surface area contributed by atoms with Crippen molar-refractivity contribution in [1.29, 1.82) is 0 Å². The lowest BCUT2D eigenvalue weighted by atomic mass is 10.2. The van der Waals surface area contributed by atoms with Crippen molar-refractivity contribution in [2.75, 3.05) is 24.2 Å². The smallest absolute Gasteiger partial charge is 0.281 e. The molecule has 2 aromatic carbocycles. The average Bonchev–Trinajstić information content (AvgIpc) is 2.85. The lowest BCUT2D eigenvalue weighted by molar-refractivity contribution is -0.647. The van der Waals surface area contributed by atoms with E-state index in [2.05, 4.69) is 108 Å². The molecule has 24 heavy (non-hydrogen) atoms. The molecule has 0 radical (unpaired) electrons. The Morgan fingerprint density at radius 3 is 2.46 bits per heavy atom. The van der Waals surface area contributed by atoms with E-state index in [-0.39, 0.29) is 0 Å². The van der Waals surface area contributed by atoms with Crippen molar-refractivity contribution in [3.8, 4) is 0 Å². The van der Waals surface area contributed by atoms with Crippen LogP contribution in [0.2, 0.25) is 0 Å². The van der Waals surface area contributed by atoms with Crippen LogP contribution in [0.4, 0.5) is 5.69 Å². The molecular formula is C20H24N3S+. The molecule has 3 nitrogen and oxygen atoms in total. The number of aryl methyl sites for hydroxylation is 2. The van der Waals surface area contributed by atoms with Gasteiger partial charge in [-0.2, -0.15) is 12.6 Å². The van der Waals surface area contributed by atoms with Gasteiger partial charge < -0.3 is 4.90 Å². The lowest BCUT2D eigenvalue weighted by Gasteiger charge is -2.17. The SMILES string of the molecule is CN(CCS)c1ccc(/C=C/c2n(C)c3ccccc3[n+]2C)cc1. The summed E-state index contributed by atoms with van der Waals surface area (Å²) in [6, 6.07) is 17.1.